The maximum Gasteiger partial charge on any atom is 0.317 e. The molecule has 144 valence electrons. The molecule has 1 heterocycles. The molecule has 0 radical (unpaired) electrons. The van der Waals surface area contributed by atoms with Crippen molar-refractivity contribution < 1.29 is 9.53 Å². The predicted molar refractivity (Wildman–Crippen MR) is 107 cm³/mol. The molecule has 2 aromatic rings. The fraction of sp³-hybridized carbons (Fsp3) is 0.455. The summed E-state index contributed by atoms with van der Waals surface area (Å²) in [5.41, 5.74) is 2.18. The molecule has 1 N–H and O–H groups in total. The number of amides is 2. The van der Waals surface area contributed by atoms with Crippen LogP contribution in [0.5, 0.6) is 5.75 Å². The first-order valence-electron chi connectivity index (χ1n) is 9.66. The van der Waals surface area contributed by atoms with Crippen LogP contribution in [0.25, 0.3) is 0 Å². The third-order valence-corrected chi connectivity index (χ3v) is 5.56. The minimum Gasteiger partial charge on any atom is -0.497 e. The van der Waals surface area contributed by atoms with E-state index in [2.05, 4.69) is 22.4 Å². The summed E-state index contributed by atoms with van der Waals surface area (Å²) in [6.45, 7) is 1.16. The lowest BCUT2D eigenvalue weighted by Crippen LogP contribution is -2.46. The zero-order valence-corrected chi connectivity index (χ0v) is 16.3. The van der Waals surface area contributed by atoms with Crippen molar-refractivity contribution in [1.29, 1.82) is 0 Å². The van der Waals surface area contributed by atoms with Crippen LogP contribution in [-0.4, -0.2) is 36.6 Å². The number of benzene rings is 1. The SMILES string of the molecule is COc1ccc(C2(CNC(=O)N(C)Cc3ccccn3)CCCCC2)cc1. The number of hydrogen-bond acceptors (Lipinski definition) is 3. The van der Waals surface area contributed by atoms with Crippen molar-refractivity contribution in [2.45, 2.75) is 44.1 Å². The number of carbonyl (C=O) groups excluding carboxylic acids is 1. The highest BCUT2D eigenvalue weighted by Crippen LogP contribution is 2.39. The van der Waals surface area contributed by atoms with Gasteiger partial charge in [-0.3, -0.25) is 4.98 Å². The molecule has 0 atom stereocenters. The molecule has 1 aromatic heterocycles. The van der Waals surface area contributed by atoms with E-state index in [0.29, 0.717) is 13.1 Å². The van der Waals surface area contributed by atoms with Gasteiger partial charge in [-0.25, -0.2) is 4.79 Å². The van der Waals surface area contributed by atoms with Gasteiger partial charge in [0.1, 0.15) is 5.75 Å². The fourth-order valence-electron chi connectivity index (χ4n) is 3.93. The van der Waals surface area contributed by atoms with Crippen LogP contribution >= 0.6 is 0 Å². The van der Waals surface area contributed by atoms with E-state index < -0.39 is 0 Å². The van der Waals surface area contributed by atoms with Gasteiger partial charge >= 0.3 is 6.03 Å². The first-order valence-corrected chi connectivity index (χ1v) is 9.66. The minimum absolute atomic E-state index is 0.00597. The molecule has 1 aromatic carbocycles. The molecule has 0 aliphatic heterocycles. The van der Waals surface area contributed by atoms with Crippen molar-refractivity contribution in [2.75, 3.05) is 20.7 Å². The van der Waals surface area contributed by atoms with E-state index in [-0.39, 0.29) is 11.4 Å². The summed E-state index contributed by atoms with van der Waals surface area (Å²) in [5, 5.41) is 3.17. The largest absolute Gasteiger partial charge is 0.497 e. The molecule has 27 heavy (non-hydrogen) atoms. The number of rotatable bonds is 6. The van der Waals surface area contributed by atoms with Gasteiger partial charge in [0.25, 0.3) is 0 Å². The average molecular weight is 367 g/mol. The zero-order valence-electron chi connectivity index (χ0n) is 16.3. The van der Waals surface area contributed by atoms with Crippen LogP contribution in [0.1, 0.15) is 43.4 Å². The number of nitrogens with zero attached hydrogens (tertiary/aromatic N) is 2. The van der Waals surface area contributed by atoms with Crippen molar-refractivity contribution >= 4 is 6.03 Å². The van der Waals surface area contributed by atoms with E-state index in [1.54, 1.807) is 18.2 Å². The van der Waals surface area contributed by atoms with Crippen LogP contribution in [0.4, 0.5) is 4.79 Å². The molecule has 5 nitrogen and oxygen atoms in total. The lowest BCUT2D eigenvalue weighted by Gasteiger charge is -2.38. The standard InChI is InChI=1S/C22H29N3O2/c1-25(16-19-8-4-7-15-23-19)21(26)24-17-22(13-5-3-6-14-22)18-9-11-20(27-2)12-10-18/h4,7-12,15H,3,5-6,13-14,16-17H2,1-2H3,(H,24,26). The number of urea groups is 1. The van der Waals surface area contributed by atoms with Gasteiger partial charge in [-0.15, -0.1) is 0 Å². The molecule has 0 unspecified atom stereocenters. The third-order valence-electron chi connectivity index (χ3n) is 5.56. The van der Waals surface area contributed by atoms with Crippen molar-refractivity contribution in [2.24, 2.45) is 0 Å². The smallest absolute Gasteiger partial charge is 0.317 e. The predicted octanol–water partition coefficient (Wildman–Crippen LogP) is 4.13. The number of carbonyl (C=O) groups is 1. The summed E-state index contributed by atoms with van der Waals surface area (Å²) in [7, 11) is 3.49. The minimum atomic E-state index is -0.0564. The summed E-state index contributed by atoms with van der Waals surface area (Å²) < 4.78 is 5.29. The van der Waals surface area contributed by atoms with Gasteiger partial charge in [0.15, 0.2) is 0 Å². The topological polar surface area (TPSA) is 54.5 Å². The Bertz CT molecular complexity index is 725. The number of ether oxygens (including phenoxy) is 1. The Morgan fingerprint density at radius 3 is 2.52 bits per heavy atom. The number of aromatic nitrogens is 1. The molecule has 0 saturated heterocycles. The zero-order chi connectivity index (χ0) is 19.1. The molecular weight excluding hydrogens is 338 g/mol. The van der Waals surface area contributed by atoms with Crippen LogP contribution < -0.4 is 10.1 Å². The number of hydrogen-bond donors (Lipinski definition) is 1. The first-order chi connectivity index (χ1) is 13.1. The van der Waals surface area contributed by atoms with E-state index >= 15 is 0 Å². The van der Waals surface area contributed by atoms with E-state index in [4.69, 9.17) is 4.74 Å². The Morgan fingerprint density at radius 2 is 1.89 bits per heavy atom. The highest BCUT2D eigenvalue weighted by molar-refractivity contribution is 5.74. The van der Waals surface area contributed by atoms with Gasteiger partial charge in [0.2, 0.25) is 0 Å². The Labute approximate surface area is 161 Å². The summed E-state index contributed by atoms with van der Waals surface area (Å²) in [4.78, 5) is 18.6. The van der Waals surface area contributed by atoms with Crippen LogP contribution in [-0.2, 0) is 12.0 Å². The van der Waals surface area contributed by atoms with E-state index in [9.17, 15) is 4.79 Å². The van der Waals surface area contributed by atoms with Crippen molar-refractivity contribution in [3.63, 3.8) is 0 Å². The number of nitrogens with one attached hydrogen (secondary N) is 1. The molecule has 0 bridgehead atoms. The average Bonchev–Trinajstić information content (AvgIpc) is 2.73. The second-order valence-electron chi connectivity index (χ2n) is 7.41. The number of methoxy groups -OCH3 is 1. The third kappa shape index (κ3) is 4.79. The molecule has 1 aliphatic rings. The monoisotopic (exact) mass is 367 g/mol. The maximum absolute atomic E-state index is 12.6. The fourth-order valence-corrected chi connectivity index (χ4v) is 3.93. The summed E-state index contributed by atoms with van der Waals surface area (Å²) in [6, 6.07) is 14.0. The molecule has 1 fully saturated rings. The Hall–Kier alpha value is -2.56. The molecular formula is C22H29N3O2. The summed E-state index contributed by atoms with van der Waals surface area (Å²) >= 11 is 0. The van der Waals surface area contributed by atoms with Gasteiger partial charge in [0, 0.05) is 25.2 Å². The summed E-state index contributed by atoms with van der Waals surface area (Å²) in [6.07, 6.45) is 7.62. The van der Waals surface area contributed by atoms with E-state index in [1.165, 1.54) is 24.8 Å². The Kier molecular flexibility index (Phi) is 6.32. The van der Waals surface area contributed by atoms with Gasteiger partial charge < -0.3 is 15.0 Å². The van der Waals surface area contributed by atoms with Crippen LogP contribution in [0.15, 0.2) is 48.7 Å². The molecule has 3 rings (SSSR count). The molecule has 2 amide bonds. The number of pyridine rings is 1. The van der Waals surface area contributed by atoms with Crippen molar-refractivity contribution in [1.82, 2.24) is 15.2 Å². The Balaban J connectivity index is 1.66. The van der Waals surface area contributed by atoms with Crippen molar-refractivity contribution in [3.8, 4) is 5.75 Å². The highest BCUT2D eigenvalue weighted by atomic mass is 16.5. The highest BCUT2D eigenvalue weighted by Gasteiger charge is 2.34. The second kappa shape index (κ2) is 8.89. The quantitative estimate of drug-likeness (QED) is 0.835. The van der Waals surface area contributed by atoms with Crippen molar-refractivity contribution in [3.05, 3.63) is 59.9 Å². The van der Waals surface area contributed by atoms with E-state index in [1.807, 2.05) is 37.4 Å². The Morgan fingerprint density at radius 1 is 1.15 bits per heavy atom. The van der Waals surface area contributed by atoms with Gasteiger partial charge in [0.05, 0.1) is 19.3 Å². The molecule has 5 heteroatoms. The molecule has 1 aliphatic carbocycles. The first kappa shape index (κ1) is 19.2. The van der Waals surface area contributed by atoms with Crippen LogP contribution in [0.2, 0.25) is 0 Å². The summed E-state index contributed by atoms with van der Waals surface area (Å²) in [5.74, 6) is 0.865. The normalized spacial score (nSPS) is 15.8. The van der Waals surface area contributed by atoms with Crippen LogP contribution in [0.3, 0.4) is 0 Å². The van der Waals surface area contributed by atoms with Gasteiger partial charge in [-0.05, 0) is 42.7 Å². The van der Waals surface area contributed by atoms with E-state index in [0.717, 1.165) is 24.3 Å². The second-order valence-corrected chi connectivity index (χ2v) is 7.41. The van der Waals surface area contributed by atoms with Gasteiger partial charge in [-0.1, -0.05) is 37.5 Å². The maximum atomic E-state index is 12.6. The van der Waals surface area contributed by atoms with Crippen LogP contribution in [0, 0.1) is 0 Å². The lowest BCUT2D eigenvalue weighted by molar-refractivity contribution is 0.198. The molecule has 1 saturated carbocycles. The molecule has 0 spiro atoms. The van der Waals surface area contributed by atoms with Gasteiger partial charge in [-0.2, -0.15) is 0 Å². The lowest BCUT2D eigenvalue weighted by atomic mass is 9.69.